The Balaban J connectivity index is 1.71. The number of carbonyl (C=O) groups is 2. The molecule has 0 spiro atoms. The van der Waals surface area contributed by atoms with Crippen LogP contribution in [-0.4, -0.2) is 38.6 Å². The molecule has 1 fully saturated rings. The Morgan fingerprint density at radius 1 is 1.19 bits per heavy atom. The average Bonchev–Trinajstić information content (AvgIpc) is 2.76. The van der Waals surface area contributed by atoms with Crippen LogP contribution in [0, 0.1) is 29.6 Å². The second-order valence-corrected chi connectivity index (χ2v) is 18.0. The van der Waals surface area contributed by atoms with Crippen molar-refractivity contribution in [3.05, 3.63) is 23.8 Å². The summed E-state index contributed by atoms with van der Waals surface area (Å²) in [6.07, 6.45) is 11.2. The van der Waals surface area contributed by atoms with Gasteiger partial charge in [-0.15, -0.1) is 0 Å². The molecule has 8 atom stereocenters. The average molecular weight is 519 g/mol. The third-order valence-corrected chi connectivity index (χ3v) is 13.7. The number of cyclic esters (lactones) is 1. The van der Waals surface area contributed by atoms with Crippen LogP contribution in [0.5, 0.6) is 0 Å². The van der Waals surface area contributed by atoms with Gasteiger partial charge >= 0.3 is 11.9 Å². The summed E-state index contributed by atoms with van der Waals surface area (Å²) in [5.41, 5.74) is 1.30. The number of hydrogen-bond donors (Lipinski definition) is 0. The summed E-state index contributed by atoms with van der Waals surface area (Å²) in [5.74, 6) is 1.02. The number of hydrogen-bond acceptors (Lipinski definition) is 5. The van der Waals surface area contributed by atoms with E-state index < -0.39 is 8.32 Å². The molecule has 0 amide bonds. The summed E-state index contributed by atoms with van der Waals surface area (Å²) >= 11 is 0. The molecule has 6 heteroatoms. The van der Waals surface area contributed by atoms with Gasteiger partial charge in [-0.2, -0.15) is 0 Å². The minimum absolute atomic E-state index is 0.0592. The van der Waals surface area contributed by atoms with E-state index in [0.29, 0.717) is 24.2 Å². The summed E-state index contributed by atoms with van der Waals surface area (Å²) in [4.78, 5) is 25.2. The van der Waals surface area contributed by atoms with Crippen LogP contribution < -0.4 is 0 Å². The lowest BCUT2D eigenvalue weighted by molar-refractivity contribution is -0.162. The standard InChI is InChI=1S/C30H50O5Si/c1-10-20(3)29(32)34-26-16-19(2)15-22-12-11-21(4)25(28(22)26)14-13-23-17-24(18-27(31)33-23)35-36(8,9)30(5,6)7/h11-12,15,19-21,23-26,28H,10,13-14,16-18H2,1-9H3/t19-,20+,21+,23-,24-,25+,26-,28+/m1/s1. The fourth-order valence-corrected chi connectivity index (χ4v) is 7.10. The Labute approximate surface area is 220 Å². The van der Waals surface area contributed by atoms with Gasteiger partial charge in [-0.05, 0) is 67.1 Å². The van der Waals surface area contributed by atoms with Gasteiger partial charge < -0.3 is 13.9 Å². The van der Waals surface area contributed by atoms with Gasteiger partial charge in [-0.25, -0.2) is 0 Å². The van der Waals surface area contributed by atoms with Gasteiger partial charge in [0.25, 0.3) is 0 Å². The molecule has 0 N–H and O–H groups in total. The second kappa shape index (κ2) is 11.5. The molecule has 3 aliphatic rings. The van der Waals surface area contributed by atoms with Crippen LogP contribution in [0.4, 0.5) is 0 Å². The fourth-order valence-electron chi connectivity index (χ4n) is 5.74. The van der Waals surface area contributed by atoms with Gasteiger partial charge in [0.05, 0.1) is 18.4 Å². The van der Waals surface area contributed by atoms with E-state index in [1.165, 1.54) is 5.57 Å². The van der Waals surface area contributed by atoms with Crippen molar-refractivity contribution in [3.63, 3.8) is 0 Å². The van der Waals surface area contributed by atoms with E-state index in [-0.39, 0.29) is 47.1 Å². The van der Waals surface area contributed by atoms with Crippen molar-refractivity contribution in [2.45, 2.75) is 123 Å². The molecular formula is C30H50O5Si. The minimum Gasteiger partial charge on any atom is -0.462 e. The van der Waals surface area contributed by atoms with Gasteiger partial charge in [0.1, 0.15) is 12.2 Å². The molecule has 2 aliphatic carbocycles. The van der Waals surface area contributed by atoms with E-state index >= 15 is 0 Å². The number of rotatable bonds is 8. The molecule has 5 nitrogen and oxygen atoms in total. The van der Waals surface area contributed by atoms with Gasteiger partial charge in [-0.3, -0.25) is 9.59 Å². The first-order valence-electron chi connectivity index (χ1n) is 14.2. The maximum Gasteiger partial charge on any atom is 0.308 e. The van der Waals surface area contributed by atoms with Crippen LogP contribution in [0.25, 0.3) is 0 Å². The third-order valence-electron chi connectivity index (χ3n) is 9.19. The number of fused-ring (bicyclic) bond motifs is 1. The van der Waals surface area contributed by atoms with Crippen LogP contribution in [0.3, 0.4) is 0 Å². The lowest BCUT2D eigenvalue weighted by atomic mass is 9.65. The van der Waals surface area contributed by atoms with Crippen LogP contribution in [0.2, 0.25) is 18.1 Å². The molecule has 0 unspecified atom stereocenters. The van der Waals surface area contributed by atoms with Gasteiger partial charge in [0, 0.05) is 12.3 Å². The number of allylic oxidation sites excluding steroid dienone is 3. The summed E-state index contributed by atoms with van der Waals surface area (Å²) in [5, 5.41) is 0.107. The highest BCUT2D eigenvalue weighted by molar-refractivity contribution is 6.74. The highest BCUT2D eigenvalue weighted by Gasteiger charge is 2.44. The van der Waals surface area contributed by atoms with Gasteiger partial charge in [0.2, 0.25) is 0 Å². The molecule has 0 aromatic rings. The zero-order chi connectivity index (χ0) is 26.8. The number of ether oxygens (including phenoxy) is 2. The molecule has 0 saturated carbocycles. The van der Waals surface area contributed by atoms with Crippen LogP contribution in [0.1, 0.15) is 87.0 Å². The Bertz CT molecular complexity index is 854. The molecule has 3 rings (SSSR count). The predicted molar refractivity (Wildman–Crippen MR) is 147 cm³/mol. The van der Waals surface area contributed by atoms with E-state index in [1.54, 1.807) is 0 Å². The normalized spacial score (nSPS) is 33.9. The molecule has 1 saturated heterocycles. The Kier molecular flexibility index (Phi) is 9.35. The molecule has 36 heavy (non-hydrogen) atoms. The molecule has 0 bridgehead atoms. The zero-order valence-electron chi connectivity index (χ0n) is 24.1. The van der Waals surface area contributed by atoms with Crippen molar-refractivity contribution in [1.82, 2.24) is 0 Å². The topological polar surface area (TPSA) is 61.8 Å². The quantitative estimate of drug-likeness (QED) is 0.251. The highest BCUT2D eigenvalue weighted by Crippen LogP contribution is 2.45. The Morgan fingerprint density at radius 2 is 1.89 bits per heavy atom. The first kappa shape index (κ1) is 29.2. The van der Waals surface area contributed by atoms with Crippen molar-refractivity contribution >= 4 is 20.3 Å². The van der Waals surface area contributed by atoms with Crippen LogP contribution >= 0.6 is 0 Å². The second-order valence-electron chi connectivity index (χ2n) is 13.2. The summed E-state index contributed by atoms with van der Waals surface area (Å²) < 4.78 is 18.6. The third kappa shape index (κ3) is 6.92. The molecule has 204 valence electrons. The molecule has 1 aliphatic heterocycles. The predicted octanol–water partition coefficient (Wildman–Crippen LogP) is 7.23. The fraction of sp³-hybridized carbons (Fsp3) is 0.800. The largest absolute Gasteiger partial charge is 0.462 e. The first-order valence-corrected chi connectivity index (χ1v) is 17.1. The SMILES string of the molecule is CC[C@H](C)C(=O)O[C@@H]1C[C@H](C)C=C2C=C[C@H](C)[C@H](CC[C@@H]3C[C@@H](O[Si](C)(C)C(C)(C)C)CC(=O)O3)[C@H]21. The first-order chi connectivity index (χ1) is 16.7. The van der Waals surface area contributed by atoms with Crippen LogP contribution in [-0.2, 0) is 23.5 Å². The number of esters is 2. The molecule has 1 heterocycles. The lowest BCUT2D eigenvalue weighted by Crippen LogP contribution is -2.47. The Hall–Kier alpha value is -1.40. The van der Waals surface area contributed by atoms with Crippen LogP contribution in [0.15, 0.2) is 23.8 Å². The van der Waals surface area contributed by atoms with E-state index in [4.69, 9.17) is 13.9 Å². The maximum atomic E-state index is 12.7. The lowest BCUT2D eigenvalue weighted by Gasteiger charge is -2.44. The van der Waals surface area contributed by atoms with Gasteiger partial charge in [-0.1, -0.05) is 66.7 Å². The molecule has 0 radical (unpaired) electrons. The van der Waals surface area contributed by atoms with E-state index in [0.717, 1.165) is 32.1 Å². The maximum absolute atomic E-state index is 12.7. The van der Waals surface area contributed by atoms with E-state index in [1.807, 2.05) is 13.8 Å². The van der Waals surface area contributed by atoms with Crippen molar-refractivity contribution in [2.75, 3.05) is 0 Å². The monoisotopic (exact) mass is 518 g/mol. The number of carbonyl (C=O) groups excluding carboxylic acids is 2. The van der Waals surface area contributed by atoms with E-state index in [9.17, 15) is 9.59 Å². The van der Waals surface area contributed by atoms with Crippen molar-refractivity contribution < 1.29 is 23.5 Å². The smallest absolute Gasteiger partial charge is 0.308 e. The molecular weight excluding hydrogens is 468 g/mol. The summed E-state index contributed by atoms with van der Waals surface area (Å²) in [6, 6.07) is 0. The molecule has 0 aromatic carbocycles. The zero-order valence-corrected chi connectivity index (χ0v) is 25.1. The highest BCUT2D eigenvalue weighted by atomic mass is 28.4. The van der Waals surface area contributed by atoms with Crippen molar-refractivity contribution in [3.8, 4) is 0 Å². The van der Waals surface area contributed by atoms with E-state index in [2.05, 4.69) is 65.9 Å². The summed E-state index contributed by atoms with van der Waals surface area (Å²) in [7, 11) is -1.96. The molecule has 0 aromatic heterocycles. The summed E-state index contributed by atoms with van der Waals surface area (Å²) in [6.45, 7) is 19.6. The Morgan fingerprint density at radius 3 is 2.53 bits per heavy atom. The van der Waals surface area contributed by atoms with Crippen molar-refractivity contribution in [1.29, 1.82) is 0 Å². The van der Waals surface area contributed by atoms with Gasteiger partial charge in [0.15, 0.2) is 8.32 Å². The minimum atomic E-state index is -1.96. The van der Waals surface area contributed by atoms with Crippen molar-refractivity contribution in [2.24, 2.45) is 29.6 Å².